The van der Waals surface area contributed by atoms with Crippen molar-refractivity contribution in [2.24, 2.45) is 5.92 Å². The fourth-order valence-corrected chi connectivity index (χ4v) is 5.86. The summed E-state index contributed by atoms with van der Waals surface area (Å²) >= 11 is 0. The summed E-state index contributed by atoms with van der Waals surface area (Å²) < 4.78 is 26.1. The van der Waals surface area contributed by atoms with E-state index < -0.39 is 27.0 Å². The predicted octanol–water partition coefficient (Wildman–Crippen LogP) is 1.65. The Hall–Kier alpha value is -2.40. The van der Waals surface area contributed by atoms with E-state index in [4.69, 9.17) is 5.26 Å². The van der Waals surface area contributed by atoms with Gasteiger partial charge in [-0.15, -0.1) is 0 Å². The van der Waals surface area contributed by atoms with Gasteiger partial charge < -0.3 is 10.2 Å². The summed E-state index contributed by atoms with van der Waals surface area (Å²) in [7, 11) is -3.66. The van der Waals surface area contributed by atoms with Gasteiger partial charge in [-0.2, -0.15) is 5.26 Å². The van der Waals surface area contributed by atoms with Crippen LogP contribution in [0, 0.1) is 17.2 Å². The minimum Gasteiger partial charge on any atom is -0.341 e. The van der Waals surface area contributed by atoms with Gasteiger partial charge in [-0.25, -0.2) is 8.42 Å². The molecule has 2 fully saturated rings. The third-order valence-electron chi connectivity index (χ3n) is 5.66. The number of nitriles is 1. The number of hydrogen-bond acceptors (Lipinski definition) is 5. The van der Waals surface area contributed by atoms with Crippen molar-refractivity contribution in [1.29, 1.82) is 5.26 Å². The van der Waals surface area contributed by atoms with Crippen LogP contribution in [0.25, 0.3) is 0 Å². The molecule has 0 spiro atoms. The van der Waals surface area contributed by atoms with Gasteiger partial charge in [0, 0.05) is 12.5 Å². The van der Waals surface area contributed by atoms with E-state index in [1.165, 1.54) is 17.0 Å². The second-order valence-electron chi connectivity index (χ2n) is 7.43. The molecule has 8 heteroatoms. The first-order chi connectivity index (χ1) is 13.4. The second kappa shape index (κ2) is 8.74. The lowest BCUT2D eigenvalue weighted by atomic mass is 9.88. The first-order valence-corrected chi connectivity index (χ1v) is 11.2. The van der Waals surface area contributed by atoms with Gasteiger partial charge in [0.15, 0.2) is 9.84 Å². The number of amides is 2. The maximum Gasteiger partial charge on any atom is 0.243 e. The third-order valence-corrected chi connectivity index (χ3v) is 7.80. The fourth-order valence-electron chi connectivity index (χ4n) is 4.15. The average Bonchev–Trinajstić information content (AvgIpc) is 3.19. The van der Waals surface area contributed by atoms with Gasteiger partial charge in [0.1, 0.15) is 12.6 Å². The fraction of sp³-hybridized carbons (Fsp3) is 0.550. The zero-order valence-corrected chi connectivity index (χ0v) is 16.5. The van der Waals surface area contributed by atoms with Crippen LogP contribution in [0.2, 0.25) is 0 Å². The molecule has 7 nitrogen and oxygen atoms in total. The molecule has 1 unspecified atom stereocenters. The smallest absolute Gasteiger partial charge is 0.243 e. The van der Waals surface area contributed by atoms with Crippen molar-refractivity contribution in [2.75, 3.05) is 13.1 Å². The molecular formula is C20H25N3O4S. The molecule has 1 aliphatic heterocycles. The Morgan fingerprint density at radius 3 is 2.46 bits per heavy atom. The van der Waals surface area contributed by atoms with E-state index in [2.05, 4.69) is 5.32 Å². The summed E-state index contributed by atoms with van der Waals surface area (Å²) in [5, 5.41) is 10.4. The van der Waals surface area contributed by atoms with E-state index in [0.717, 1.165) is 32.1 Å². The van der Waals surface area contributed by atoms with Crippen LogP contribution in [0.1, 0.15) is 38.5 Å². The lowest BCUT2D eigenvalue weighted by Gasteiger charge is -2.29. The summed E-state index contributed by atoms with van der Waals surface area (Å²) in [5.74, 6) is -0.753. The van der Waals surface area contributed by atoms with Crippen molar-refractivity contribution in [3.05, 3.63) is 30.3 Å². The molecule has 1 saturated carbocycles. The highest BCUT2D eigenvalue weighted by Crippen LogP contribution is 2.32. The number of hydrogen-bond donors (Lipinski definition) is 1. The van der Waals surface area contributed by atoms with Crippen LogP contribution >= 0.6 is 0 Å². The van der Waals surface area contributed by atoms with Crippen molar-refractivity contribution in [1.82, 2.24) is 10.2 Å². The lowest BCUT2D eigenvalue weighted by molar-refractivity contribution is -0.142. The van der Waals surface area contributed by atoms with Gasteiger partial charge in [0.05, 0.1) is 16.2 Å². The largest absolute Gasteiger partial charge is 0.341 e. The van der Waals surface area contributed by atoms with E-state index in [1.54, 1.807) is 18.2 Å². The SMILES string of the molecule is N#CCNC(=O)[C@@H]1CC(S(=O)(=O)c2ccccc2)CN1C(=O)C1CCCCC1. The van der Waals surface area contributed by atoms with E-state index in [0.29, 0.717) is 0 Å². The summed E-state index contributed by atoms with van der Waals surface area (Å²) in [6.07, 6.45) is 4.65. The third kappa shape index (κ3) is 4.20. The first kappa shape index (κ1) is 20.3. The van der Waals surface area contributed by atoms with Crippen LogP contribution in [0.15, 0.2) is 35.2 Å². The molecule has 1 aromatic rings. The highest BCUT2D eigenvalue weighted by Gasteiger charge is 2.46. The van der Waals surface area contributed by atoms with Crippen molar-refractivity contribution in [3.8, 4) is 6.07 Å². The summed E-state index contributed by atoms with van der Waals surface area (Å²) in [6, 6.07) is 9.11. The standard InChI is InChI=1S/C20H25N3O4S/c21-11-12-22-19(24)18-13-17(28(26,27)16-9-5-2-6-10-16)14-23(18)20(25)15-7-3-1-4-8-15/h2,5-6,9-10,15,17-18H,1,3-4,7-8,12-14H2,(H,22,24)/t17?,18-/m0/s1. The number of rotatable bonds is 5. The van der Waals surface area contributed by atoms with E-state index in [9.17, 15) is 18.0 Å². The number of likely N-dealkylation sites (tertiary alicyclic amines) is 1. The van der Waals surface area contributed by atoms with E-state index in [-0.39, 0.29) is 36.2 Å². The molecule has 1 heterocycles. The zero-order valence-electron chi connectivity index (χ0n) is 15.7. The van der Waals surface area contributed by atoms with Crippen molar-refractivity contribution in [2.45, 2.75) is 54.7 Å². The molecule has 2 aliphatic rings. The van der Waals surface area contributed by atoms with Gasteiger partial charge in [-0.1, -0.05) is 37.5 Å². The molecule has 0 aromatic heterocycles. The van der Waals surface area contributed by atoms with Crippen LogP contribution in [-0.2, 0) is 19.4 Å². The summed E-state index contributed by atoms with van der Waals surface area (Å²) in [5.41, 5.74) is 0. The Labute approximate surface area is 165 Å². The maximum absolute atomic E-state index is 13.1. The molecule has 3 rings (SSSR count). The highest BCUT2D eigenvalue weighted by molar-refractivity contribution is 7.92. The van der Waals surface area contributed by atoms with Gasteiger partial charge in [0.2, 0.25) is 11.8 Å². The molecule has 1 aromatic carbocycles. The molecule has 0 bridgehead atoms. The minimum atomic E-state index is -3.66. The Morgan fingerprint density at radius 1 is 1.14 bits per heavy atom. The van der Waals surface area contributed by atoms with Crippen molar-refractivity contribution < 1.29 is 18.0 Å². The Morgan fingerprint density at radius 2 is 1.82 bits per heavy atom. The van der Waals surface area contributed by atoms with Gasteiger partial charge in [-0.3, -0.25) is 9.59 Å². The molecule has 1 aliphatic carbocycles. The van der Waals surface area contributed by atoms with Crippen LogP contribution in [0.3, 0.4) is 0 Å². The molecule has 1 N–H and O–H groups in total. The van der Waals surface area contributed by atoms with Crippen LogP contribution in [0.4, 0.5) is 0 Å². The molecule has 2 amide bonds. The molecule has 150 valence electrons. The zero-order chi connectivity index (χ0) is 20.1. The molecule has 28 heavy (non-hydrogen) atoms. The Balaban J connectivity index is 1.84. The Bertz CT molecular complexity index is 857. The van der Waals surface area contributed by atoms with Gasteiger partial charge in [0.25, 0.3) is 0 Å². The normalized spacial score (nSPS) is 23.2. The molecule has 0 radical (unpaired) electrons. The average molecular weight is 404 g/mol. The van der Waals surface area contributed by atoms with E-state index >= 15 is 0 Å². The second-order valence-corrected chi connectivity index (χ2v) is 9.66. The van der Waals surface area contributed by atoms with Gasteiger partial charge >= 0.3 is 0 Å². The Kier molecular flexibility index (Phi) is 6.35. The van der Waals surface area contributed by atoms with Crippen LogP contribution in [-0.4, -0.2) is 49.5 Å². The van der Waals surface area contributed by atoms with Crippen LogP contribution < -0.4 is 5.32 Å². The maximum atomic E-state index is 13.1. The predicted molar refractivity (Wildman–Crippen MR) is 103 cm³/mol. The van der Waals surface area contributed by atoms with E-state index in [1.807, 2.05) is 6.07 Å². The number of nitrogens with one attached hydrogen (secondary N) is 1. The summed E-state index contributed by atoms with van der Waals surface area (Å²) in [6.45, 7) is -0.159. The number of sulfone groups is 1. The highest BCUT2D eigenvalue weighted by atomic mass is 32.2. The number of nitrogens with zero attached hydrogens (tertiary/aromatic N) is 2. The monoisotopic (exact) mass is 403 g/mol. The van der Waals surface area contributed by atoms with Crippen LogP contribution in [0.5, 0.6) is 0 Å². The quantitative estimate of drug-likeness (QED) is 0.752. The number of carbonyl (C=O) groups excluding carboxylic acids is 2. The summed E-state index contributed by atoms with van der Waals surface area (Å²) in [4.78, 5) is 27.3. The van der Waals surface area contributed by atoms with Crippen molar-refractivity contribution in [3.63, 3.8) is 0 Å². The number of benzene rings is 1. The number of carbonyl (C=O) groups is 2. The van der Waals surface area contributed by atoms with Gasteiger partial charge in [-0.05, 0) is 31.4 Å². The topological polar surface area (TPSA) is 107 Å². The lowest BCUT2D eigenvalue weighted by Crippen LogP contribution is -2.48. The molecular weight excluding hydrogens is 378 g/mol. The molecule has 1 saturated heterocycles. The minimum absolute atomic E-state index is 0.0111. The first-order valence-electron chi connectivity index (χ1n) is 9.69. The molecule has 2 atom stereocenters. The van der Waals surface area contributed by atoms with Crippen molar-refractivity contribution >= 4 is 21.7 Å².